The van der Waals surface area contributed by atoms with Gasteiger partial charge in [0.1, 0.15) is 18.2 Å². The van der Waals surface area contributed by atoms with Crippen molar-refractivity contribution in [2.75, 3.05) is 0 Å². The molecule has 0 N–H and O–H groups in total. The summed E-state index contributed by atoms with van der Waals surface area (Å²) >= 11 is 0. The van der Waals surface area contributed by atoms with Crippen LogP contribution < -0.4 is 0 Å². The van der Waals surface area contributed by atoms with Crippen LogP contribution in [0.4, 0.5) is 8.78 Å². The van der Waals surface area contributed by atoms with Crippen molar-refractivity contribution in [2.45, 2.75) is 6.61 Å². The average molecular weight is 247 g/mol. The molecule has 0 spiro atoms. The van der Waals surface area contributed by atoms with Gasteiger partial charge in [-0.3, -0.25) is 0 Å². The third-order valence-electron chi connectivity index (χ3n) is 2.25. The number of hydrogen-bond donors (Lipinski definition) is 0. The van der Waals surface area contributed by atoms with Gasteiger partial charge in [0, 0.05) is 0 Å². The van der Waals surface area contributed by atoms with Crippen LogP contribution in [0.3, 0.4) is 0 Å². The Balaban J connectivity index is 1.89. The molecule has 0 atom stereocenters. The second-order valence-electron chi connectivity index (χ2n) is 3.69. The highest BCUT2D eigenvalue weighted by Crippen LogP contribution is 2.05. The summed E-state index contributed by atoms with van der Waals surface area (Å²) in [5, 5.41) is 3.69. The normalized spacial score (nSPS) is 10.8. The van der Waals surface area contributed by atoms with E-state index in [4.69, 9.17) is 4.84 Å². The molecule has 0 aliphatic carbocycles. The summed E-state index contributed by atoms with van der Waals surface area (Å²) in [5.74, 6) is -0.644. The average Bonchev–Trinajstić information content (AvgIpc) is 2.35. The van der Waals surface area contributed by atoms with Crippen LogP contribution in [0.15, 0.2) is 53.7 Å². The monoisotopic (exact) mass is 247 g/mol. The number of oxime groups is 1. The molecule has 18 heavy (non-hydrogen) atoms. The van der Waals surface area contributed by atoms with Crippen LogP contribution >= 0.6 is 0 Å². The highest BCUT2D eigenvalue weighted by atomic mass is 19.1. The van der Waals surface area contributed by atoms with Crippen LogP contribution in [0.1, 0.15) is 11.1 Å². The number of halogens is 2. The smallest absolute Gasteiger partial charge is 0.142 e. The zero-order valence-electron chi connectivity index (χ0n) is 9.51. The molecule has 4 heteroatoms. The Labute approximate surface area is 104 Å². The Morgan fingerprint density at radius 3 is 2.44 bits per heavy atom. The molecule has 2 aromatic rings. The molecule has 0 saturated carbocycles. The molecule has 0 radical (unpaired) electrons. The molecule has 0 amide bonds. The minimum absolute atomic E-state index is 0.170. The first-order valence-corrected chi connectivity index (χ1v) is 5.39. The quantitative estimate of drug-likeness (QED) is 0.598. The zero-order valence-corrected chi connectivity index (χ0v) is 9.51. The maximum Gasteiger partial charge on any atom is 0.142 e. The lowest BCUT2D eigenvalue weighted by Gasteiger charge is -1.99. The van der Waals surface area contributed by atoms with E-state index in [9.17, 15) is 8.78 Å². The molecular formula is C14H11F2NO. The Kier molecular flexibility index (Phi) is 4.02. The van der Waals surface area contributed by atoms with Crippen LogP contribution in [0.25, 0.3) is 0 Å². The van der Waals surface area contributed by atoms with Crippen molar-refractivity contribution in [1.29, 1.82) is 0 Å². The second-order valence-corrected chi connectivity index (χ2v) is 3.69. The standard InChI is InChI=1S/C14H11F2NO/c15-13-5-1-3-11(7-13)9-17-18-10-12-4-2-6-14(16)8-12/h1-9H,10H2. The van der Waals surface area contributed by atoms with Crippen LogP contribution in [-0.4, -0.2) is 6.21 Å². The first kappa shape index (κ1) is 12.2. The first-order chi connectivity index (χ1) is 8.74. The third-order valence-corrected chi connectivity index (χ3v) is 2.25. The van der Waals surface area contributed by atoms with Gasteiger partial charge in [-0.2, -0.15) is 0 Å². The number of nitrogens with zero attached hydrogens (tertiary/aromatic N) is 1. The van der Waals surface area contributed by atoms with Gasteiger partial charge in [-0.1, -0.05) is 29.4 Å². The lowest BCUT2D eigenvalue weighted by Crippen LogP contribution is -1.89. The molecule has 0 unspecified atom stereocenters. The van der Waals surface area contributed by atoms with Crippen molar-refractivity contribution in [3.63, 3.8) is 0 Å². The Morgan fingerprint density at radius 2 is 1.72 bits per heavy atom. The first-order valence-electron chi connectivity index (χ1n) is 5.39. The van der Waals surface area contributed by atoms with Gasteiger partial charge in [0.25, 0.3) is 0 Å². The summed E-state index contributed by atoms with van der Waals surface area (Å²) in [6.07, 6.45) is 1.41. The molecule has 92 valence electrons. The topological polar surface area (TPSA) is 21.6 Å². The van der Waals surface area contributed by atoms with E-state index in [1.54, 1.807) is 24.3 Å². The van der Waals surface area contributed by atoms with Crippen LogP contribution in [0.2, 0.25) is 0 Å². The Morgan fingerprint density at radius 1 is 1.00 bits per heavy atom. The zero-order chi connectivity index (χ0) is 12.8. The van der Waals surface area contributed by atoms with E-state index >= 15 is 0 Å². The van der Waals surface area contributed by atoms with Gasteiger partial charge >= 0.3 is 0 Å². The van der Waals surface area contributed by atoms with Gasteiger partial charge in [-0.25, -0.2) is 8.78 Å². The van der Waals surface area contributed by atoms with Crippen molar-refractivity contribution >= 4 is 6.21 Å². The van der Waals surface area contributed by atoms with Crippen molar-refractivity contribution in [2.24, 2.45) is 5.16 Å². The summed E-state index contributed by atoms with van der Waals surface area (Å²) in [6.45, 7) is 0.170. The van der Waals surface area contributed by atoms with Crippen molar-refractivity contribution in [3.8, 4) is 0 Å². The molecule has 0 fully saturated rings. The van der Waals surface area contributed by atoms with Gasteiger partial charge in [0.05, 0.1) is 6.21 Å². The lowest BCUT2D eigenvalue weighted by molar-refractivity contribution is 0.132. The largest absolute Gasteiger partial charge is 0.391 e. The fraction of sp³-hybridized carbons (Fsp3) is 0.0714. The fourth-order valence-electron chi connectivity index (χ4n) is 1.42. The molecule has 2 rings (SSSR count). The molecule has 2 nitrogen and oxygen atoms in total. The lowest BCUT2D eigenvalue weighted by atomic mass is 10.2. The minimum atomic E-state index is -0.330. The molecule has 0 heterocycles. The highest BCUT2D eigenvalue weighted by Gasteiger charge is 1.95. The van der Waals surface area contributed by atoms with E-state index in [1.807, 2.05) is 0 Å². The predicted molar refractivity (Wildman–Crippen MR) is 65.2 cm³/mol. The molecule has 2 aromatic carbocycles. The summed E-state index contributed by atoms with van der Waals surface area (Å²) in [4.78, 5) is 5.00. The van der Waals surface area contributed by atoms with E-state index in [2.05, 4.69) is 5.16 Å². The van der Waals surface area contributed by atoms with Crippen molar-refractivity contribution < 1.29 is 13.6 Å². The van der Waals surface area contributed by atoms with Gasteiger partial charge in [0.2, 0.25) is 0 Å². The number of rotatable bonds is 4. The number of hydrogen-bond acceptors (Lipinski definition) is 2. The predicted octanol–water partition coefficient (Wildman–Crippen LogP) is 3.52. The van der Waals surface area contributed by atoms with Crippen LogP contribution in [0.5, 0.6) is 0 Å². The summed E-state index contributed by atoms with van der Waals surface area (Å²) < 4.78 is 25.7. The van der Waals surface area contributed by atoms with Crippen molar-refractivity contribution in [3.05, 3.63) is 71.3 Å². The fourth-order valence-corrected chi connectivity index (χ4v) is 1.42. The Hall–Kier alpha value is -2.23. The van der Waals surface area contributed by atoms with E-state index < -0.39 is 0 Å². The maximum absolute atomic E-state index is 12.9. The van der Waals surface area contributed by atoms with E-state index in [0.717, 1.165) is 0 Å². The molecule has 0 bridgehead atoms. The summed E-state index contributed by atoms with van der Waals surface area (Å²) in [5.41, 5.74) is 1.29. The molecule has 0 aliphatic rings. The van der Waals surface area contributed by atoms with Gasteiger partial charge in [0.15, 0.2) is 0 Å². The second kappa shape index (κ2) is 5.91. The summed E-state index contributed by atoms with van der Waals surface area (Å²) in [7, 11) is 0. The van der Waals surface area contributed by atoms with E-state index in [0.29, 0.717) is 11.1 Å². The molecular weight excluding hydrogens is 236 g/mol. The molecule has 0 aliphatic heterocycles. The highest BCUT2D eigenvalue weighted by molar-refractivity contribution is 5.78. The SMILES string of the molecule is Fc1cccc(C=NOCc2cccc(F)c2)c1. The molecule has 0 saturated heterocycles. The number of benzene rings is 2. The van der Waals surface area contributed by atoms with Crippen molar-refractivity contribution in [1.82, 2.24) is 0 Å². The Bertz CT molecular complexity index is 555. The van der Waals surface area contributed by atoms with Gasteiger partial charge < -0.3 is 4.84 Å². The van der Waals surface area contributed by atoms with E-state index in [-0.39, 0.29) is 18.2 Å². The minimum Gasteiger partial charge on any atom is -0.391 e. The molecule has 0 aromatic heterocycles. The van der Waals surface area contributed by atoms with Crippen LogP contribution in [0, 0.1) is 11.6 Å². The third kappa shape index (κ3) is 3.66. The maximum atomic E-state index is 12.9. The van der Waals surface area contributed by atoms with Gasteiger partial charge in [-0.15, -0.1) is 0 Å². The summed E-state index contributed by atoms with van der Waals surface area (Å²) in [6, 6.07) is 12.1. The van der Waals surface area contributed by atoms with E-state index in [1.165, 1.54) is 30.5 Å². The van der Waals surface area contributed by atoms with Gasteiger partial charge in [-0.05, 0) is 35.4 Å². The van der Waals surface area contributed by atoms with Crippen LogP contribution in [-0.2, 0) is 11.4 Å².